The zero-order valence-corrected chi connectivity index (χ0v) is 30.8. The number of esters is 1. The van der Waals surface area contributed by atoms with Crippen LogP contribution in [0.15, 0.2) is 109 Å². The number of carbonyl (C=O) groups is 4. The van der Waals surface area contributed by atoms with Gasteiger partial charge in [0.25, 0.3) is 5.91 Å². The Morgan fingerprint density at radius 2 is 1.61 bits per heavy atom. The first-order chi connectivity index (χ1) is 26.3. The number of nitrogens with one attached hydrogen (secondary N) is 1. The zero-order valence-electron chi connectivity index (χ0n) is 30.8. The standard InChI is InChI=1S/C43H48N4O7/c1-3-45(4-2)31-19-21-32(22-20-31)46-25-13-7-12-18-36(49)44-27-35(30-16-10-6-11-17-30)53-42(52)37-34-23-24-43(54-34)38(37)40(50)47(39(43)41(46)51)33(28-48)26-29-14-8-5-9-15-29/h5-11,13-17,19-24,33-35,37-39,48H,3-4,12,18,25-28H2,1-2H3,(H,44,49)/b13-7-/t33-,34+,35+,37-,38-,39+,43-/m1/s1. The fourth-order valence-corrected chi connectivity index (χ4v) is 8.51. The quantitative estimate of drug-likeness (QED) is 0.245. The number of aliphatic hydroxyl groups excluding tert-OH is 1. The minimum atomic E-state index is -1.49. The summed E-state index contributed by atoms with van der Waals surface area (Å²) in [6.07, 6.45) is 6.52. The number of carbonyl (C=O) groups excluding carboxylic acids is 4. The van der Waals surface area contributed by atoms with Gasteiger partial charge in [0.15, 0.2) is 0 Å². The van der Waals surface area contributed by atoms with Gasteiger partial charge in [-0.3, -0.25) is 19.2 Å². The van der Waals surface area contributed by atoms with Gasteiger partial charge in [0.1, 0.15) is 23.7 Å². The molecular formula is C43H48N4O7. The molecule has 5 bridgehead atoms. The predicted octanol–water partition coefficient (Wildman–Crippen LogP) is 4.37. The molecule has 0 aromatic heterocycles. The van der Waals surface area contributed by atoms with Gasteiger partial charge in [-0.1, -0.05) is 85.0 Å². The number of nitrogens with zero attached hydrogens (tertiary/aromatic N) is 3. The Morgan fingerprint density at radius 1 is 0.907 bits per heavy atom. The zero-order chi connectivity index (χ0) is 37.8. The number of rotatable bonds is 9. The molecule has 0 radical (unpaired) electrons. The van der Waals surface area contributed by atoms with Gasteiger partial charge < -0.3 is 34.6 Å². The number of likely N-dealkylation sites (tertiary alicyclic amines) is 1. The molecule has 0 unspecified atom stereocenters. The molecule has 11 nitrogen and oxygen atoms in total. The molecular weight excluding hydrogens is 684 g/mol. The Labute approximate surface area is 316 Å². The lowest BCUT2D eigenvalue weighted by Crippen LogP contribution is -2.59. The second-order valence-corrected chi connectivity index (χ2v) is 14.3. The molecule has 3 amide bonds. The second-order valence-electron chi connectivity index (χ2n) is 14.3. The van der Waals surface area contributed by atoms with Crippen molar-refractivity contribution < 1.29 is 33.8 Å². The normalized spacial score (nSPS) is 28.1. The molecule has 3 aromatic carbocycles. The molecule has 4 aliphatic rings. The molecule has 0 saturated carbocycles. The SMILES string of the molecule is CCN(CC)c1ccc(N2C/C=C\CCC(=O)NC[C@@H](c3ccccc3)OC(=O)[C@@H]3[C@@H]4C=C[C@]5(O4)[C@H](C2=O)N([C@@H](CO)Cc2ccccc2)C(=O)[C@@H]35)cc1. The van der Waals surface area contributed by atoms with Crippen molar-refractivity contribution >= 4 is 35.1 Å². The van der Waals surface area contributed by atoms with Crippen LogP contribution in [-0.2, 0) is 35.1 Å². The lowest BCUT2D eigenvalue weighted by atomic mass is 9.74. The molecule has 7 atom stereocenters. The number of cyclic esters (lactones) is 1. The highest BCUT2D eigenvalue weighted by molar-refractivity contribution is 6.05. The number of fused-ring (bicyclic) bond motifs is 2. The third-order valence-electron chi connectivity index (χ3n) is 11.2. The molecule has 3 aromatic rings. The number of benzene rings is 3. The maximum atomic E-state index is 15.4. The number of hydrogen-bond acceptors (Lipinski definition) is 8. The van der Waals surface area contributed by atoms with Gasteiger partial charge in [-0.05, 0) is 62.1 Å². The van der Waals surface area contributed by atoms with Crippen molar-refractivity contribution in [3.05, 3.63) is 120 Å². The van der Waals surface area contributed by atoms with Crippen LogP contribution in [0.2, 0.25) is 0 Å². The van der Waals surface area contributed by atoms with E-state index in [1.165, 1.54) is 4.90 Å². The lowest BCUT2D eigenvalue weighted by Gasteiger charge is -2.39. The lowest BCUT2D eigenvalue weighted by molar-refractivity contribution is -0.160. The van der Waals surface area contributed by atoms with Gasteiger partial charge in [0.05, 0.1) is 31.2 Å². The van der Waals surface area contributed by atoms with Crippen LogP contribution in [-0.4, -0.2) is 90.3 Å². The van der Waals surface area contributed by atoms with E-state index in [9.17, 15) is 19.5 Å². The van der Waals surface area contributed by atoms with Crippen LogP contribution in [0, 0.1) is 11.8 Å². The molecule has 54 heavy (non-hydrogen) atoms. The van der Waals surface area contributed by atoms with Crippen LogP contribution in [0.25, 0.3) is 0 Å². The summed E-state index contributed by atoms with van der Waals surface area (Å²) in [7, 11) is 0. The van der Waals surface area contributed by atoms with Crippen LogP contribution < -0.4 is 15.1 Å². The Balaban J connectivity index is 1.33. The van der Waals surface area contributed by atoms with E-state index >= 15 is 4.79 Å². The van der Waals surface area contributed by atoms with Gasteiger partial charge in [-0.2, -0.15) is 0 Å². The molecule has 7 rings (SSSR count). The number of ether oxygens (including phenoxy) is 2. The topological polar surface area (TPSA) is 129 Å². The Bertz CT molecular complexity index is 1880. The molecule has 282 valence electrons. The van der Waals surface area contributed by atoms with E-state index in [0.717, 1.165) is 24.3 Å². The Morgan fingerprint density at radius 3 is 2.30 bits per heavy atom. The molecule has 2 saturated heterocycles. The first kappa shape index (κ1) is 37.1. The van der Waals surface area contributed by atoms with E-state index in [0.29, 0.717) is 17.7 Å². The van der Waals surface area contributed by atoms with Gasteiger partial charge in [0.2, 0.25) is 11.8 Å². The third-order valence-corrected chi connectivity index (χ3v) is 11.2. The van der Waals surface area contributed by atoms with Crippen molar-refractivity contribution in [3.63, 3.8) is 0 Å². The summed E-state index contributed by atoms with van der Waals surface area (Å²) in [5.74, 6) is -3.85. The van der Waals surface area contributed by atoms with E-state index in [2.05, 4.69) is 24.1 Å². The van der Waals surface area contributed by atoms with Crippen molar-refractivity contribution in [3.8, 4) is 0 Å². The number of aliphatic hydroxyl groups is 1. The summed E-state index contributed by atoms with van der Waals surface area (Å²) >= 11 is 0. The number of amides is 3. The van der Waals surface area contributed by atoms with Gasteiger partial charge >= 0.3 is 5.97 Å². The largest absolute Gasteiger partial charge is 0.455 e. The first-order valence-corrected chi connectivity index (χ1v) is 19.0. The van der Waals surface area contributed by atoms with E-state index in [-0.39, 0.29) is 31.8 Å². The van der Waals surface area contributed by atoms with Crippen LogP contribution in [0.4, 0.5) is 11.4 Å². The van der Waals surface area contributed by atoms with Crippen molar-refractivity contribution in [1.82, 2.24) is 10.2 Å². The maximum absolute atomic E-state index is 15.4. The number of hydrogen-bond donors (Lipinski definition) is 2. The van der Waals surface area contributed by atoms with Crippen LogP contribution >= 0.6 is 0 Å². The van der Waals surface area contributed by atoms with E-state index in [4.69, 9.17) is 9.47 Å². The van der Waals surface area contributed by atoms with Crippen LogP contribution in [0.5, 0.6) is 0 Å². The van der Waals surface area contributed by atoms with E-state index in [1.54, 1.807) is 17.1 Å². The molecule has 2 fully saturated rings. The second kappa shape index (κ2) is 16.0. The summed E-state index contributed by atoms with van der Waals surface area (Å²) in [5.41, 5.74) is 1.72. The van der Waals surface area contributed by atoms with Gasteiger partial charge in [-0.15, -0.1) is 0 Å². The van der Waals surface area contributed by atoms with Crippen LogP contribution in [0.3, 0.4) is 0 Å². The highest BCUT2D eigenvalue weighted by Gasteiger charge is 2.74. The predicted molar refractivity (Wildman–Crippen MR) is 204 cm³/mol. The van der Waals surface area contributed by atoms with E-state index < -0.39 is 66.1 Å². The minimum absolute atomic E-state index is 0.0459. The summed E-state index contributed by atoms with van der Waals surface area (Å²) in [5, 5.41) is 13.9. The summed E-state index contributed by atoms with van der Waals surface area (Å²) in [6.45, 7) is 5.60. The number of anilines is 2. The Hall–Kier alpha value is -5.26. The molecule has 4 heterocycles. The maximum Gasteiger partial charge on any atom is 0.313 e. The van der Waals surface area contributed by atoms with Crippen LogP contribution in [0.1, 0.15) is 43.9 Å². The molecule has 1 spiro atoms. The smallest absolute Gasteiger partial charge is 0.313 e. The van der Waals surface area contributed by atoms with Crippen molar-refractivity contribution in [2.45, 2.75) is 63.0 Å². The monoisotopic (exact) mass is 732 g/mol. The average molecular weight is 733 g/mol. The Kier molecular flexibility index (Phi) is 11.0. The molecule has 0 aliphatic carbocycles. The van der Waals surface area contributed by atoms with Crippen molar-refractivity contribution in [2.75, 3.05) is 42.6 Å². The highest BCUT2D eigenvalue weighted by atomic mass is 16.6. The molecule has 2 N–H and O–H groups in total. The van der Waals surface area contributed by atoms with E-state index in [1.807, 2.05) is 97.1 Å². The van der Waals surface area contributed by atoms with Crippen molar-refractivity contribution in [2.24, 2.45) is 11.8 Å². The first-order valence-electron chi connectivity index (χ1n) is 19.0. The summed E-state index contributed by atoms with van der Waals surface area (Å²) in [4.78, 5) is 63.0. The fraction of sp³-hybridized carbons (Fsp3) is 0.395. The molecule has 11 heteroatoms. The summed E-state index contributed by atoms with van der Waals surface area (Å²) in [6, 6.07) is 24.4. The van der Waals surface area contributed by atoms with Gasteiger partial charge in [0, 0.05) is 37.4 Å². The minimum Gasteiger partial charge on any atom is -0.455 e. The summed E-state index contributed by atoms with van der Waals surface area (Å²) < 4.78 is 12.8. The highest BCUT2D eigenvalue weighted by Crippen LogP contribution is 2.56. The van der Waals surface area contributed by atoms with Gasteiger partial charge in [-0.25, -0.2) is 0 Å². The fourth-order valence-electron chi connectivity index (χ4n) is 8.51. The number of allylic oxidation sites excluding steroid dienone is 1. The average Bonchev–Trinajstić information content (AvgIpc) is 3.85. The van der Waals surface area contributed by atoms with Crippen molar-refractivity contribution in [1.29, 1.82) is 0 Å². The molecule has 4 aliphatic heterocycles. The third kappa shape index (κ3) is 6.94.